The van der Waals surface area contributed by atoms with Crippen molar-refractivity contribution in [2.24, 2.45) is 0 Å². The summed E-state index contributed by atoms with van der Waals surface area (Å²) >= 11 is 0. The van der Waals surface area contributed by atoms with E-state index in [1.165, 1.54) is 0 Å². The van der Waals surface area contributed by atoms with Gasteiger partial charge in [-0.3, -0.25) is 4.79 Å². The molecule has 0 aromatic heterocycles. The maximum absolute atomic E-state index is 11.6. The van der Waals surface area contributed by atoms with Crippen LogP contribution < -0.4 is 5.32 Å². The van der Waals surface area contributed by atoms with Crippen LogP contribution >= 0.6 is 0 Å². The Bertz CT molecular complexity index is 215. The standard InChI is InChI=1S/C10H18N2O/c1-4-12(9-6-11-7-9)10(13)5-8(2)3/h5,9,11H,4,6-7H2,1-3H3. The van der Waals surface area contributed by atoms with Crippen molar-refractivity contribution in [3.8, 4) is 0 Å². The molecule has 3 nitrogen and oxygen atoms in total. The van der Waals surface area contributed by atoms with Crippen LogP contribution in [0.1, 0.15) is 20.8 Å². The highest BCUT2D eigenvalue weighted by Crippen LogP contribution is 2.06. The van der Waals surface area contributed by atoms with Gasteiger partial charge in [-0.25, -0.2) is 0 Å². The van der Waals surface area contributed by atoms with E-state index < -0.39 is 0 Å². The molecule has 1 amide bonds. The number of amides is 1. The third kappa shape index (κ3) is 2.56. The summed E-state index contributed by atoms with van der Waals surface area (Å²) in [5.74, 6) is 0.147. The average Bonchev–Trinajstić information content (AvgIpc) is 1.94. The summed E-state index contributed by atoms with van der Waals surface area (Å²) in [6.45, 7) is 8.60. The Labute approximate surface area is 79.8 Å². The van der Waals surface area contributed by atoms with Gasteiger partial charge in [-0.2, -0.15) is 0 Å². The number of allylic oxidation sites excluding steroid dienone is 1. The van der Waals surface area contributed by atoms with Gasteiger partial charge in [-0.15, -0.1) is 0 Å². The Morgan fingerprint density at radius 3 is 2.46 bits per heavy atom. The maximum Gasteiger partial charge on any atom is 0.246 e. The summed E-state index contributed by atoms with van der Waals surface area (Å²) < 4.78 is 0. The fraction of sp³-hybridized carbons (Fsp3) is 0.700. The van der Waals surface area contributed by atoms with Gasteiger partial charge in [-0.05, 0) is 20.8 Å². The van der Waals surface area contributed by atoms with Crippen LogP contribution in [0.3, 0.4) is 0 Å². The van der Waals surface area contributed by atoms with E-state index in [1.807, 2.05) is 25.7 Å². The van der Waals surface area contributed by atoms with Crippen LogP contribution in [0.4, 0.5) is 0 Å². The minimum absolute atomic E-state index is 0.147. The molecule has 0 atom stereocenters. The van der Waals surface area contributed by atoms with E-state index >= 15 is 0 Å². The number of rotatable bonds is 3. The van der Waals surface area contributed by atoms with Crippen LogP contribution in [0, 0.1) is 0 Å². The second kappa shape index (κ2) is 4.42. The fourth-order valence-corrected chi connectivity index (χ4v) is 1.42. The molecule has 0 bridgehead atoms. The molecule has 1 heterocycles. The van der Waals surface area contributed by atoms with E-state index in [0.29, 0.717) is 6.04 Å². The predicted molar refractivity (Wildman–Crippen MR) is 53.5 cm³/mol. The van der Waals surface area contributed by atoms with E-state index in [-0.39, 0.29) is 5.91 Å². The van der Waals surface area contributed by atoms with E-state index in [4.69, 9.17) is 0 Å². The zero-order valence-electron chi connectivity index (χ0n) is 8.63. The van der Waals surface area contributed by atoms with Crippen molar-refractivity contribution < 1.29 is 4.79 Å². The lowest BCUT2D eigenvalue weighted by Crippen LogP contribution is -2.58. The topological polar surface area (TPSA) is 32.3 Å². The molecule has 1 N–H and O–H groups in total. The van der Waals surface area contributed by atoms with Crippen molar-refractivity contribution in [3.63, 3.8) is 0 Å². The van der Waals surface area contributed by atoms with Gasteiger partial charge in [-0.1, -0.05) is 5.57 Å². The SMILES string of the molecule is CCN(C(=O)C=C(C)C)C1CNC1. The highest BCUT2D eigenvalue weighted by molar-refractivity contribution is 5.88. The first-order valence-corrected chi connectivity index (χ1v) is 4.81. The molecule has 1 fully saturated rings. The van der Waals surface area contributed by atoms with Crippen LogP contribution in [0.25, 0.3) is 0 Å². The van der Waals surface area contributed by atoms with Crippen molar-refractivity contribution >= 4 is 5.91 Å². The molecule has 0 radical (unpaired) electrons. The van der Waals surface area contributed by atoms with Gasteiger partial charge in [0.05, 0.1) is 6.04 Å². The van der Waals surface area contributed by atoms with Gasteiger partial charge in [0.2, 0.25) is 5.91 Å². The Balaban J connectivity index is 2.54. The monoisotopic (exact) mass is 182 g/mol. The average molecular weight is 182 g/mol. The molecular formula is C10H18N2O. The number of nitrogens with zero attached hydrogens (tertiary/aromatic N) is 1. The van der Waals surface area contributed by atoms with Crippen LogP contribution in [-0.2, 0) is 4.79 Å². The summed E-state index contributed by atoms with van der Waals surface area (Å²) in [6, 6.07) is 0.410. The highest BCUT2D eigenvalue weighted by atomic mass is 16.2. The van der Waals surface area contributed by atoms with Crippen molar-refractivity contribution in [2.75, 3.05) is 19.6 Å². The lowest BCUT2D eigenvalue weighted by molar-refractivity contribution is -0.129. The highest BCUT2D eigenvalue weighted by Gasteiger charge is 2.25. The normalized spacial score (nSPS) is 16.2. The van der Waals surface area contributed by atoms with Gasteiger partial charge in [0.15, 0.2) is 0 Å². The van der Waals surface area contributed by atoms with Crippen molar-refractivity contribution in [2.45, 2.75) is 26.8 Å². The Morgan fingerprint density at radius 1 is 1.54 bits per heavy atom. The zero-order chi connectivity index (χ0) is 9.84. The second-order valence-corrected chi connectivity index (χ2v) is 3.66. The van der Waals surface area contributed by atoms with E-state index in [2.05, 4.69) is 5.32 Å². The molecule has 0 saturated carbocycles. The smallest absolute Gasteiger partial charge is 0.246 e. The molecule has 1 rings (SSSR count). The summed E-state index contributed by atoms with van der Waals surface area (Å²) in [6.07, 6.45) is 1.71. The second-order valence-electron chi connectivity index (χ2n) is 3.66. The van der Waals surface area contributed by atoms with Crippen LogP contribution in [-0.4, -0.2) is 36.5 Å². The number of hydrogen-bond donors (Lipinski definition) is 1. The molecule has 3 heteroatoms. The number of hydrogen-bond acceptors (Lipinski definition) is 2. The fourth-order valence-electron chi connectivity index (χ4n) is 1.42. The van der Waals surface area contributed by atoms with E-state index in [1.54, 1.807) is 6.08 Å². The number of nitrogens with one attached hydrogen (secondary N) is 1. The van der Waals surface area contributed by atoms with Gasteiger partial charge in [0.25, 0.3) is 0 Å². The third-order valence-corrected chi connectivity index (χ3v) is 2.24. The van der Waals surface area contributed by atoms with Crippen molar-refractivity contribution in [1.29, 1.82) is 0 Å². The van der Waals surface area contributed by atoms with Crippen molar-refractivity contribution in [1.82, 2.24) is 10.2 Å². The molecule has 0 aromatic rings. The molecule has 1 aliphatic rings. The Kier molecular flexibility index (Phi) is 3.48. The summed E-state index contributed by atoms with van der Waals surface area (Å²) in [5, 5.41) is 3.17. The number of carbonyl (C=O) groups is 1. The Hall–Kier alpha value is -0.830. The molecule has 0 spiro atoms. The van der Waals surface area contributed by atoms with Gasteiger partial charge >= 0.3 is 0 Å². The number of likely N-dealkylation sites (N-methyl/N-ethyl adjacent to an activating group) is 1. The summed E-state index contributed by atoms with van der Waals surface area (Å²) in [7, 11) is 0. The first-order chi connectivity index (χ1) is 6.15. The minimum Gasteiger partial charge on any atom is -0.334 e. The Morgan fingerprint density at radius 2 is 2.15 bits per heavy atom. The van der Waals surface area contributed by atoms with Gasteiger partial charge < -0.3 is 10.2 Å². The summed E-state index contributed by atoms with van der Waals surface area (Å²) in [5.41, 5.74) is 1.07. The largest absolute Gasteiger partial charge is 0.334 e. The van der Waals surface area contributed by atoms with E-state index in [0.717, 1.165) is 25.2 Å². The molecule has 1 saturated heterocycles. The minimum atomic E-state index is 0.147. The predicted octanol–water partition coefficient (Wildman–Crippen LogP) is 0.773. The summed E-state index contributed by atoms with van der Waals surface area (Å²) in [4.78, 5) is 13.6. The molecule has 74 valence electrons. The molecule has 1 aliphatic heterocycles. The van der Waals surface area contributed by atoms with E-state index in [9.17, 15) is 4.79 Å². The lowest BCUT2D eigenvalue weighted by atomic mass is 10.1. The number of carbonyl (C=O) groups excluding carboxylic acids is 1. The molecular weight excluding hydrogens is 164 g/mol. The van der Waals surface area contributed by atoms with Crippen LogP contribution in [0.15, 0.2) is 11.6 Å². The van der Waals surface area contributed by atoms with Crippen LogP contribution in [0.5, 0.6) is 0 Å². The first-order valence-electron chi connectivity index (χ1n) is 4.81. The zero-order valence-corrected chi connectivity index (χ0v) is 8.63. The third-order valence-electron chi connectivity index (χ3n) is 2.24. The molecule has 13 heavy (non-hydrogen) atoms. The molecule has 0 aliphatic carbocycles. The molecule has 0 aromatic carbocycles. The maximum atomic E-state index is 11.6. The van der Waals surface area contributed by atoms with Crippen LogP contribution in [0.2, 0.25) is 0 Å². The first kappa shape index (κ1) is 10.3. The van der Waals surface area contributed by atoms with Crippen molar-refractivity contribution in [3.05, 3.63) is 11.6 Å². The van der Waals surface area contributed by atoms with Gasteiger partial charge in [0, 0.05) is 25.7 Å². The quantitative estimate of drug-likeness (QED) is 0.654. The lowest BCUT2D eigenvalue weighted by Gasteiger charge is -2.37. The van der Waals surface area contributed by atoms with Gasteiger partial charge in [0.1, 0.15) is 0 Å². The molecule has 0 unspecified atom stereocenters.